The SMILES string of the molecule is Cc1nnc(CNCC(=O)N2CCCCC2)o1. The Morgan fingerprint density at radius 2 is 2.12 bits per heavy atom. The van der Waals surface area contributed by atoms with Crippen LogP contribution in [0.5, 0.6) is 0 Å². The molecule has 0 radical (unpaired) electrons. The molecule has 1 N–H and O–H groups in total. The van der Waals surface area contributed by atoms with Crippen LogP contribution >= 0.6 is 0 Å². The fourth-order valence-corrected chi connectivity index (χ4v) is 1.94. The van der Waals surface area contributed by atoms with E-state index in [1.807, 2.05) is 4.90 Å². The van der Waals surface area contributed by atoms with Crippen molar-refractivity contribution in [1.29, 1.82) is 0 Å². The van der Waals surface area contributed by atoms with Gasteiger partial charge in [-0.25, -0.2) is 0 Å². The van der Waals surface area contributed by atoms with E-state index in [-0.39, 0.29) is 5.91 Å². The number of nitrogens with zero attached hydrogens (tertiary/aromatic N) is 3. The molecule has 1 saturated heterocycles. The van der Waals surface area contributed by atoms with Crippen LogP contribution in [0.2, 0.25) is 0 Å². The number of hydrogen-bond acceptors (Lipinski definition) is 5. The molecule has 1 aliphatic rings. The average Bonchev–Trinajstić information content (AvgIpc) is 2.76. The number of amides is 1. The summed E-state index contributed by atoms with van der Waals surface area (Å²) in [5.41, 5.74) is 0. The van der Waals surface area contributed by atoms with Gasteiger partial charge in [0, 0.05) is 20.0 Å². The number of rotatable bonds is 4. The lowest BCUT2D eigenvalue weighted by Gasteiger charge is -2.26. The van der Waals surface area contributed by atoms with Crippen LogP contribution in [0.25, 0.3) is 0 Å². The number of piperidine rings is 1. The first-order chi connectivity index (χ1) is 8.25. The van der Waals surface area contributed by atoms with Crippen LogP contribution < -0.4 is 5.32 Å². The van der Waals surface area contributed by atoms with Crippen LogP contribution in [0.1, 0.15) is 31.0 Å². The quantitative estimate of drug-likeness (QED) is 0.826. The predicted octanol–water partition coefficient (Wildman–Crippen LogP) is 0.480. The molecule has 1 aromatic rings. The normalized spacial score (nSPS) is 16.2. The average molecular weight is 238 g/mol. The number of carbonyl (C=O) groups excluding carboxylic acids is 1. The molecule has 0 unspecified atom stereocenters. The molecule has 1 aromatic heterocycles. The van der Waals surface area contributed by atoms with Crippen molar-refractivity contribution in [2.45, 2.75) is 32.7 Å². The summed E-state index contributed by atoms with van der Waals surface area (Å²) < 4.78 is 5.20. The summed E-state index contributed by atoms with van der Waals surface area (Å²) in [6.45, 7) is 4.30. The number of nitrogens with one attached hydrogen (secondary N) is 1. The van der Waals surface area contributed by atoms with E-state index in [0.717, 1.165) is 25.9 Å². The fourth-order valence-electron chi connectivity index (χ4n) is 1.94. The van der Waals surface area contributed by atoms with Gasteiger partial charge in [0.2, 0.25) is 17.7 Å². The molecule has 6 nitrogen and oxygen atoms in total. The molecule has 17 heavy (non-hydrogen) atoms. The Morgan fingerprint density at radius 3 is 2.76 bits per heavy atom. The van der Waals surface area contributed by atoms with Gasteiger partial charge in [-0.05, 0) is 19.3 Å². The Balaban J connectivity index is 1.69. The summed E-state index contributed by atoms with van der Waals surface area (Å²) in [4.78, 5) is 13.7. The Hall–Kier alpha value is -1.43. The molecule has 0 aromatic carbocycles. The van der Waals surface area contributed by atoms with Crippen LogP contribution in [0.4, 0.5) is 0 Å². The largest absolute Gasteiger partial charge is 0.424 e. The maximum atomic E-state index is 11.8. The van der Waals surface area contributed by atoms with E-state index in [1.165, 1.54) is 6.42 Å². The number of hydrogen-bond donors (Lipinski definition) is 1. The molecule has 1 fully saturated rings. The van der Waals surface area contributed by atoms with Gasteiger partial charge in [0.15, 0.2) is 0 Å². The van der Waals surface area contributed by atoms with Gasteiger partial charge in [-0.3, -0.25) is 10.1 Å². The van der Waals surface area contributed by atoms with Crippen molar-refractivity contribution in [2.75, 3.05) is 19.6 Å². The highest BCUT2D eigenvalue weighted by atomic mass is 16.4. The third-order valence-electron chi connectivity index (χ3n) is 2.83. The summed E-state index contributed by atoms with van der Waals surface area (Å²) in [7, 11) is 0. The lowest BCUT2D eigenvalue weighted by atomic mass is 10.1. The first-order valence-corrected chi connectivity index (χ1v) is 6.03. The second kappa shape index (κ2) is 5.77. The van der Waals surface area contributed by atoms with Crippen molar-refractivity contribution in [3.8, 4) is 0 Å². The lowest BCUT2D eigenvalue weighted by Crippen LogP contribution is -2.41. The van der Waals surface area contributed by atoms with Crippen molar-refractivity contribution in [3.05, 3.63) is 11.8 Å². The highest BCUT2D eigenvalue weighted by molar-refractivity contribution is 5.78. The van der Waals surface area contributed by atoms with Crippen LogP contribution in [0.15, 0.2) is 4.42 Å². The Morgan fingerprint density at radius 1 is 1.35 bits per heavy atom. The van der Waals surface area contributed by atoms with Crippen LogP contribution in [-0.4, -0.2) is 40.6 Å². The first kappa shape index (κ1) is 12.0. The summed E-state index contributed by atoms with van der Waals surface area (Å²) in [6, 6.07) is 0. The molecule has 2 heterocycles. The zero-order chi connectivity index (χ0) is 12.1. The minimum Gasteiger partial charge on any atom is -0.424 e. The molecule has 0 aliphatic carbocycles. The smallest absolute Gasteiger partial charge is 0.236 e. The molecule has 0 saturated carbocycles. The molecule has 0 bridgehead atoms. The van der Waals surface area contributed by atoms with Gasteiger partial charge in [0.25, 0.3) is 0 Å². The van der Waals surface area contributed by atoms with Crippen molar-refractivity contribution in [3.63, 3.8) is 0 Å². The number of aryl methyl sites for hydroxylation is 1. The van der Waals surface area contributed by atoms with Crippen molar-refractivity contribution >= 4 is 5.91 Å². The fraction of sp³-hybridized carbons (Fsp3) is 0.727. The second-order valence-electron chi connectivity index (χ2n) is 4.26. The topological polar surface area (TPSA) is 71.3 Å². The van der Waals surface area contributed by atoms with Crippen molar-refractivity contribution in [1.82, 2.24) is 20.4 Å². The summed E-state index contributed by atoms with van der Waals surface area (Å²) in [5.74, 6) is 1.22. The van der Waals surface area contributed by atoms with E-state index in [0.29, 0.717) is 24.9 Å². The third kappa shape index (κ3) is 3.52. The molecule has 0 atom stereocenters. The van der Waals surface area contributed by atoms with Gasteiger partial charge in [-0.2, -0.15) is 0 Å². The maximum absolute atomic E-state index is 11.8. The standard InChI is InChI=1S/C11H18N4O2/c1-9-13-14-10(17-9)7-12-8-11(16)15-5-3-2-4-6-15/h12H,2-8H2,1H3. The summed E-state index contributed by atoms with van der Waals surface area (Å²) in [5, 5.41) is 10.6. The van der Waals surface area contributed by atoms with Crippen LogP contribution in [0, 0.1) is 6.92 Å². The molecule has 0 spiro atoms. The monoisotopic (exact) mass is 238 g/mol. The molecule has 94 valence electrons. The van der Waals surface area contributed by atoms with Crippen molar-refractivity contribution in [2.24, 2.45) is 0 Å². The van der Waals surface area contributed by atoms with Gasteiger partial charge < -0.3 is 9.32 Å². The summed E-state index contributed by atoms with van der Waals surface area (Å²) in [6.07, 6.45) is 3.47. The van der Waals surface area contributed by atoms with E-state index < -0.39 is 0 Å². The maximum Gasteiger partial charge on any atom is 0.236 e. The second-order valence-corrected chi connectivity index (χ2v) is 4.26. The van der Waals surface area contributed by atoms with E-state index >= 15 is 0 Å². The van der Waals surface area contributed by atoms with Gasteiger partial charge in [0.05, 0.1) is 13.1 Å². The van der Waals surface area contributed by atoms with Crippen LogP contribution in [-0.2, 0) is 11.3 Å². The Labute approximate surface area is 100 Å². The zero-order valence-corrected chi connectivity index (χ0v) is 10.1. The van der Waals surface area contributed by atoms with E-state index in [9.17, 15) is 4.79 Å². The first-order valence-electron chi connectivity index (χ1n) is 6.03. The highest BCUT2D eigenvalue weighted by Crippen LogP contribution is 2.08. The molecule has 2 rings (SSSR count). The van der Waals surface area contributed by atoms with E-state index in [2.05, 4.69) is 15.5 Å². The highest BCUT2D eigenvalue weighted by Gasteiger charge is 2.15. The van der Waals surface area contributed by atoms with E-state index in [4.69, 9.17) is 4.42 Å². The Bertz CT molecular complexity index is 371. The number of likely N-dealkylation sites (tertiary alicyclic amines) is 1. The minimum absolute atomic E-state index is 0.154. The minimum atomic E-state index is 0.154. The number of aromatic nitrogens is 2. The van der Waals surface area contributed by atoms with Crippen LogP contribution in [0.3, 0.4) is 0 Å². The van der Waals surface area contributed by atoms with Gasteiger partial charge in [0.1, 0.15) is 0 Å². The Kier molecular flexibility index (Phi) is 4.08. The molecular formula is C11H18N4O2. The van der Waals surface area contributed by atoms with Crippen molar-refractivity contribution < 1.29 is 9.21 Å². The lowest BCUT2D eigenvalue weighted by molar-refractivity contribution is -0.131. The molecule has 1 aliphatic heterocycles. The van der Waals surface area contributed by atoms with Gasteiger partial charge in [-0.1, -0.05) is 0 Å². The predicted molar refractivity (Wildman–Crippen MR) is 61.2 cm³/mol. The van der Waals surface area contributed by atoms with E-state index in [1.54, 1.807) is 6.92 Å². The summed E-state index contributed by atoms with van der Waals surface area (Å²) >= 11 is 0. The number of carbonyl (C=O) groups is 1. The molecule has 1 amide bonds. The molecular weight excluding hydrogens is 220 g/mol. The molecule has 6 heteroatoms. The van der Waals surface area contributed by atoms with Gasteiger partial charge >= 0.3 is 0 Å². The third-order valence-corrected chi connectivity index (χ3v) is 2.83. The van der Waals surface area contributed by atoms with Gasteiger partial charge in [-0.15, -0.1) is 10.2 Å². The zero-order valence-electron chi connectivity index (χ0n) is 10.1.